The summed E-state index contributed by atoms with van der Waals surface area (Å²) in [4.78, 5) is 15.5. The van der Waals surface area contributed by atoms with Crippen LogP contribution in [0.3, 0.4) is 0 Å². The minimum Gasteiger partial charge on any atom is -0.455 e. The van der Waals surface area contributed by atoms with Crippen LogP contribution in [0.15, 0.2) is 205 Å². The first-order valence-electron chi connectivity index (χ1n) is 21.0. The number of rotatable bonds is 6. The fraction of sp³-hybridized carbons (Fsp3) is 0. The van der Waals surface area contributed by atoms with Crippen molar-refractivity contribution in [1.82, 2.24) is 15.0 Å². The third-order valence-corrected chi connectivity index (χ3v) is 14.4. The van der Waals surface area contributed by atoms with E-state index in [1.54, 1.807) is 0 Å². The van der Waals surface area contributed by atoms with Gasteiger partial charge in [-0.25, -0.2) is 15.0 Å². The van der Waals surface area contributed by atoms with Crippen molar-refractivity contribution in [3.8, 4) is 67.5 Å². The highest BCUT2D eigenvalue weighted by Crippen LogP contribution is 2.45. The van der Waals surface area contributed by atoms with Crippen LogP contribution in [0.4, 0.5) is 0 Å². The van der Waals surface area contributed by atoms with Gasteiger partial charge in [0.05, 0.1) is 0 Å². The molecule has 4 heterocycles. The molecule has 13 rings (SSSR count). The number of furan rings is 1. The number of thiophene rings is 2. The zero-order valence-corrected chi connectivity index (χ0v) is 35.3. The normalized spacial score (nSPS) is 11.8. The maximum Gasteiger partial charge on any atom is 0.164 e. The smallest absolute Gasteiger partial charge is 0.164 e. The zero-order chi connectivity index (χ0) is 41.4. The van der Waals surface area contributed by atoms with Crippen molar-refractivity contribution < 1.29 is 4.42 Å². The Morgan fingerprint density at radius 3 is 1.49 bits per heavy atom. The summed E-state index contributed by atoms with van der Waals surface area (Å²) in [5, 5.41) is 7.10. The molecule has 294 valence electrons. The molecule has 4 aromatic heterocycles. The van der Waals surface area contributed by atoms with Gasteiger partial charge in [0.2, 0.25) is 0 Å². The summed E-state index contributed by atoms with van der Waals surface area (Å²) in [5.41, 5.74) is 11.0. The van der Waals surface area contributed by atoms with E-state index in [4.69, 9.17) is 19.4 Å². The van der Waals surface area contributed by atoms with Crippen molar-refractivity contribution in [2.75, 3.05) is 0 Å². The van der Waals surface area contributed by atoms with Crippen molar-refractivity contribution in [3.63, 3.8) is 0 Å². The van der Waals surface area contributed by atoms with E-state index in [1.165, 1.54) is 40.3 Å². The van der Waals surface area contributed by atoms with Crippen molar-refractivity contribution in [2.45, 2.75) is 0 Å². The summed E-state index contributed by atoms with van der Waals surface area (Å²) in [6.45, 7) is 0. The van der Waals surface area contributed by atoms with E-state index < -0.39 is 0 Å². The third-order valence-electron chi connectivity index (χ3n) is 12.2. The molecule has 63 heavy (non-hydrogen) atoms. The molecule has 0 aliphatic heterocycles. The van der Waals surface area contributed by atoms with Gasteiger partial charge in [-0.1, -0.05) is 158 Å². The Morgan fingerprint density at radius 2 is 0.810 bits per heavy atom. The van der Waals surface area contributed by atoms with E-state index in [9.17, 15) is 0 Å². The summed E-state index contributed by atoms with van der Waals surface area (Å²) in [6.07, 6.45) is 0. The van der Waals surface area contributed by atoms with E-state index >= 15 is 0 Å². The average Bonchev–Trinajstić information content (AvgIpc) is 4.05. The summed E-state index contributed by atoms with van der Waals surface area (Å²) < 4.78 is 12.1. The van der Waals surface area contributed by atoms with Crippen LogP contribution in [-0.2, 0) is 0 Å². The predicted octanol–water partition coefficient (Wildman–Crippen LogP) is 16.5. The van der Waals surface area contributed by atoms with Crippen LogP contribution in [0.2, 0.25) is 0 Å². The van der Waals surface area contributed by atoms with Gasteiger partial charge >= 0.3 is 0 Å². The first-order valence-corrected chi connectivity index (χ1v) is 22.6. The Kier molecular flexibility index (Phi) is 8.22. The molecule has 0 radical (unpaired) electrons. The molecule has 9 aromatic carbocycles. The van der Waals surface area contributed by atoms with Gasteiger partial charge in [-0.05, 0) is 70.3 Å². The summed E-state index contributed by atoms with van der Waals surface area (Å²) in [7, 11) is 0. The summed E-state index contributed by atoms with van der Waals surface area (Å²) in [5.74, 6) is 1.81. The number of hydrogen-bond acceptors (Lipinski definition) is 6. The number of fused-ring (bicyclic) bond motifs is 9. The molecule has 0 atom stereocenters. The molecular formula is C57H33N3OS2. The lowest BCUT2D eigenvalue weighted by atomic mass is 9.94. The Balaban J connectivity index is 1.04. The van der Waals surface area contributed by atoms with E-state index in [1.807, 2.05) is 53.0 Å². The number of benzene rings is 9. The fourth-order valence-electron chi connectivity index (χ4n) is 9.08. The second-order valence-electron chi connectivity index (χ2n) is 15.9. The molecule has 0 saturated heterocycles. The van der Waals surface area contributed by atoms with E-state index in [0.717, 1.165) is 72.0 Å². The molecule has 4 nitrogen and oxygen atoms in total. The third kappa shape index (κ3) is 6.06. The van der Waals surface area contributed by atoms with Crippen LogP contribution in [0.25, 0.3) is 130 Å². The molecule has 0 aliphatic rings. The van der Waals surface area contributed by atoms with Gasteiger partial charge in [0.15, 0.2) is 17.5 Å². The number of hydrogen-bond donors (Lipinski definition) is 0. The van der Waals surface area contributed by atoms with Crippen molar-refractivity contribution in [2.24, 2.45) is 0 Å². The Hall–Kier alpha value is -7.77. The average molecular weight is 840 g/mol. The highest BCUT2D eigenvalue weighted by Gasteiger charge is 2.22. The highest BCUT2D eigenvalue weighted by molar-refractivity contribution is 7.26. The quantitative estimate of drug-likeness (QED) is 0.167. The SMILES string of the molecule is c1ccc(-c2ccc(-c3nc(-c4ccccc4)nc(-c4cccc5oc6c(-c7ccc8c(c7)sc7ccccc78)cc(-c7ccc8c(c7)sc7ccccc78)cc6c45)n3)cc2)cc1. The maximum absolute atomic E-state index is 6.99. The lowest BCUT2D eigenvalue weighted by Crippen LogP contribution is -2.00. The molecule has 0 saturated carbocycles. The van der Waals surface area contributed by atoms with Gasteiger partial charge in [-0.2, -0.15) is 0 Å². The molecule has 0 N–H and O–H groups in total. The second kappa shape index (κ2) is 14.4. The van der Waals surface area contributed by atoms with Crippen molar-refractivity contribution in [3.05, 3.63) is 200 Å². The molecule has 0 fully saturated rings. The molecule has 6 heteroatoms. The first kappa shape index (κ1) is 35.9. The van der Waals surface area contributed by atoms with Crippen molar-refractivity contribution >= 4 is 85.0 Å². The molecule has 0 spiro atoms. The second-order valence-corrected chi connectivity index (χ2v) is 18.1. The molecule has 0 aliphatic carbocycles. The lowest BCUT2D eigenvalue weighted by molar-refractivity contribution is 0.670. The minimum atomic E-state index is 0.588. The molecule has 0 bridgehead atoms. The molecule has 13 aromatic rings. The number of nitrogens with zero attached hydrogens (tertiary/aromatic N) is 3. The first-order chi connectivity index (χ1) is 31.2. The van der Waals surface area contributed by atoms with Gasteiger partial charge in [-0.15, -0.1) is 22.7 Å². The lowest BCUT2D eigenvalue weighted by Gasteiger charge is -2.11. The number of aromatic nitrogens is 3. The topological polar surface area (TPSA) is 51.8 Å². The maximum atomic E-state index is 6.99. The molecule has 0 unspecified atom stereocenters. The Labute approximate surface area is 370 Å². The van der Waals surface area contributed by atoms with Gasteiger partial charge < -0.3 is 4.42 Å². The molecule has 0 amide bonds. The zero-order valence-electron chi connectivity index (χ0n) is 33.6. The van der Waals surface area contributed by atoms with Gasteiger partial charge in [0, 0.05) is 73.4 Å². The molecular weight excluding hydrogens is 807 g/mol. The fourth-order valence-corrected chi connectivity index (χ4v) is 11.4. The van der Waals surface area contributed by atoms with Gasteiger partial charge in [0.1, 0.15) is 11.2 Å². The van der Waals surface area contributed by atoms with Gasteiger partial charge in [0.25, 0.3) is 0 Å². The van der Waals surface area contributed by atoms with E-state index in [0.29, 0.717) is 17.5 Å². The minimum absolute atomic E-state index is 0.588. The Morgan fingerprint density at radius 1 is 0.302 bits per heavy atom. The Bertz CT molecular complexity index is 3900. The highest BCUT2D eigenvalue weighted by atomic mass is 32.1. The summed E-state index contributed by atoms with van der Waals surface area (Å²) in [6, 6.07) is 70.9. The monoisotopic (exact) mass is 839 g/mol. The van der Waals surface area contributed by atoms with Gasteiger partial charge in [-0.3, -0.25) is 0 Å². The van der Waals surface area contributed by atoms with E-state index in [-0.39, 0.29) is 0 Å². The standard InChI is InChI=1S/C57H33N3OS2/c1-3-12-34(13-4-1)35-22-24-37(25-23-35)56-58-55(36-14-5-2-6-15-36)59-57(60-56)45-18-11-19-48-53(45)47-31-40(38-26-28-43-41-16-7-9-20-49(41)62-51(43)32-38)30-46(54(47)61-48)39-27-29-44-42-17-8-10-21-50(42)63-52(44)33-39/h1-33H. The predicted molar refractivity (Wildman–Crippen MR) is 265 cm³/mol. The van der Waals surface area contributed by atoms with Crippen molar-refractivity contribution in [1.29, 1.82) is 0 Å². The van der Waals surface area contributed by atoms with Crippen LogP contribution >= 0.6 is 22.7 Å². The van der Waals surface area contributed by atoms with Crippen LogP contribution in [0.5, 0.6) is 0 Å². The van der Waals surface area contributed by atoms with E-state index in [2.05, 4.69) is 170 Å². The van der Waals surface area contributed by atoms with Crippen LogP contribution < -0.4 is 0 Å². The van der Waals surface area contributed by atoms with Crippen LogP contribution in [-0.4, -0.2) is 15.0 Å². The van der Waals surface area contributed by atoms with Crippen LogP contribution in [0, 0.1) is 0 Å². The summed E-state index contributed by atoms with van der Waals surface area (Å²) >= 11 is 3.67. The largest absolute Gasteiger partial charge is 0.455 e. The van der Waals surface area contributed by atoms with Crippen LogP contribution in [0.1, 0.15) is 0 Å².